The number of methoxy groups -OCH3 is 1. The summed E-state index contributed by atoms with van der Waals surface area (Å²) >= 11 is 1.24. The fraction of sp³-hybridized carbons (Fsp3) is 0.533. The average molecular weight is 670 g/mol. The number of nitrogens with zero attached hydrogens (tertiary/aromatic N) is 4. The highest BCUT2D eigenvalue weighted by Gasteiger charge is 2.61. The number of fused-ring (bicyclic) bond motifs is 1. The first-order valence-corrected chi connectivity index (χ1v) is 15.5. The third kappa shape index (κ3) is 6.15. The van der Waals surface area contributed by atoms with Crippen molar-refractivity contribution in [3.05, 3.63) is 62.7 Å². The maximum atomic E-state index is 15.8. The first-order chi connectivity index (χ1) is 21.7. The molecule has 4 heterocycles. The van der Waals surface area contributed by atoms with E-state index in [1.54, 1.807) is 18.5 Å². The number of aliphatic carboxylic acids is 1. The van der Waals surface area contributed by atoms with E-state index in [2.05, 4.69) is 15.3 Å². The molecule has 2 saturated heterocycles. The number of thiazole rings is 1. The van der Waals surface area contributed by atoms with E-state index in [4.69, 9.17) is 14.3 Å². The normalized spacial score (nSPS) is 24.0. The first-order valence-electron chi connectivity index (χ1n) is 14.6. The second kappa shape index (κ2) is 13.0. The van der Waals surface area contributed by atoms with Gasteiger partial charge in [0.2, 0.25) is 0 Å². The number of aromatic nitrogens is 1. The molecule has 0 unspecified atom stereocenters. The van der Waals surface area contributed by atoms with E-state index in [-0.39, 0.29) is 54.5 Å². The van der Waals surface area contributed by atoms with Gasteiger partial charge in [0, 0.05) is 30.9 Å². The van der Waals surface area contributed by atoms with Crippen molar-refractivity contribution in [3.8, 4) is 0 Å². The third-order valence-electron chi connectivity index (χ3n) is 8.68. The summed E-state index contributed by atoms with van der Waals surface area (Å²) in [6.45, 7) is 4.57. The number of carboxylic acid groups (broad SMARTS) is 1. The lowest BCUT2D eigenvalue weighted by molar-refractivity contribution is -0.205. The molecule has 1 aromatic heterocycles. The lowest BCUT2D eigenvalue weighted by atomic mass is 9.86. The molecule has 2 fully saturated rings. The maximum Gasteiger partial charge on any atom is 0.338 e. The highest BCUT2D eigenvalue weighted by atomic mass is 32.1. The van der Waals surface area contributed by atoms with Crippen molar-refractivity contribution in [1.29, 1.82) is 0 Å². The summed E-state index contributed by atoms with van der Waals surface area (Å²) in [7, 11) is 1.31. The molecule has 5 rings (SSSR count). The number of nitrogens with one attached hydrogen (secondary N) is 1. The molecule has 0 radical (unpaired) electrons. The van der Waals surface area contributed by atoms with Gasteiger partial charge in [0.1, 0.15) is 12.1 Å². The molecule has 3 aliphatic heterocycles. The Hall–Kier alpha value is -3.44. The minimum atomic E-state index is -3.30. The van der Waals surface area contributed by atoms with E-state index in [1.807, 2.05) is 0 Å². The Labute approximate surface area is 266 Å². The van der Waals surface area contributed by atoms with E-state index in [9.17, 15) is 23.5 Å². The molecule has 1 aromatic carbocycles. The van der Waals surface area contributed by atoms with Crippen LogP contribution in [0.1, 0.15) is 42.9 Å². The molecule has 2 N–H and O–H groups in total. The zero-order chi connectivity index (χ0) is 33.6. The van der Waals surface area contributed by atoms with Crippen LogP contribution in [0.3, 0.4) is 0 Å². The molecular weight excluding hydrogens is 634 g/mol. The Morgan fingerprint density at radius 1 is 1.30 bits per heavy atom. The van der Waals surface area contributed by atoms with Gasteiger partial charge in [0.05, 0.1) is 49.4 Å². The van der Waals surface area contributed by atoms with E-state index >= 15 is 8.78 Å². The number of ether oxygens (including phenoxy) is 2. The molecule has 0 spiro atoms. The van der Waals surface area contributed by atoms with Gasteiger partial charge < -0.3 is 19.9 Å². The summed E-state index contributed by atoms with van der Waals surface area (Å²) in [4.78, 5) is 41.5. The predicted molar refractivity (Wildman–Crippen MR) is 158 cm³/mol. The van der Waals surface area contributed by atoms with Gasteiger partial charge in [0.25, 0.3) is 5.92 Å². The van der Waals surface area contributed by atoms with Gasteiger partial charge >= 0.3 is 11.9 Å². The minimum absolute atomic E-state index is 0.00914. The minimum Gasteiger partial charge on any atom is -0.481 e. The first kappa shape index (κ1) is 33.9. The number of carbonyl (C=O) groups excluding carboxylic acids is 1. The summed E-state index contributed by atoms with van der Waals surface area (Å²) in [5, 5.41) is 16.0. The average Bonchev–Trinajstić information content (AvgIpc) is 3.73. The number of aliphatic imine (C=N–C) groups is 1. The van der Waals surface area contributed by atoms with Crippen LogP contribution in [-0.4, -0.2) is 102 Å². The number of halogens is 4. The number of rotatable bonds is 11. The van der Waals surface area contributed by atoms with Crippen LogP contribution in [0.15, 0.2) is 40.0 Å². The van der Waals surface area contributed by atoms with Crippen molar-refractivity contribution < 1.29 is 46.6 Å². The number of benzene rings is 1. The van der Waals surface area contributed by atoms with Crippen LogP contribution in [0.25, 0.3) is 0 Å². The molecular formula is C30H35F4N5O6S. The lowest BCUT2D eigenvalue weighted by Gasteiger charge is -2.34. The van der Waals surface area contributed by atoms with E-state index in [0.717, 1.165) is 11.1 Å². The van der Waals surface area contributed by atoms with Crippen LogP contribution in [0, 0.1) is 24.0 Å². The van der Waals surface area contributed by atoms with E-state index in [1.165, 1.54) is 50.2 Å². The summed E-state index contributed by atoms with van der Waals surface area (Å²) < 4.78 is 71.2. The smallest absolute Gasteiger partial charge is 0.338 e. The SMILES string of the molecule is CCOC(=O)C1=C(CN2CC(F)(F)[C@@H]3[C@H]2CON3C[C@@H](OC)C(C)(C)C(=O)O)NC(c2nccs2)=N[C@@H]1c1ccc(F)c(F)c1C. The molecule has 0 amide bonds. The third-order valence-corrected chi connectivity index (χ3v) is 9.46. The van der Waals surface area contributed by atoms with Crippen LogP contribution in [0.5, 0.6) is 0 Å². The molecule has 46 heavy (non-hydrogen) atoms. The number of esters is 1. The van der Waals surface area contributed by atoms with Crippen LogP contribution in [-0.2, 0) is 23.9 Å². The number of alkyl halides is 2. The van der Waals surface area contributed by atoms with E-state index in [0.29, 0.717) is 5.01 Å². The van der Waals surface area contributed by atoms with Crippen LogP contribution < -0.4 is 5.32 Å². The molecule has 0 saturated carbocycles. The lowest BCUT2D eigenvalue weighted by Crippen LogP contribution is -2.51. The number of carboxylic acids is 1. The van der Waals surface area contributed by atoms with Crippen LogP contribution in [0.2, 0.25) is 0 Å². The fourth-order valence-corrected chi connectivity index (χ4v) is 6.65. The second-order valence-electron chi connectivity index (χ2n) is 11.9. The van der Waals surface area contributed by atoms with Crippen molar-refractivity contribution in [3.63, 3.8) is 0 Å². The van der Waals surface area contributed by atoms with Crippen molar-refractivity contribution in [2.24, 2.45) is 10.4 Å². The quantitative estimate of drug-likeness (QED) is 0.270. The Kier molecular flexibility index (Phi) is 9.57. The number of likely N-dealkylation sites (tertiary alicyclic amines) is 1. The highest BCUT2D eigenvalue weighted by Crippen LogP contribution is 2.43. The molecule has 16 heteroatoms. The standard InChI is InChI=1S/C30H35F4N5O6S/c1-6-44-27(40)21-18(36-25(26-35-9-10-46-26)37-23(21)16-7-8-17(31)22(32)15(16)2)11-38-14-30(33,34)24-19(38)13-45-39(24)12-20(43-5)29(3,4)28(41)42/h7-10,19-20,23-24H,6,11-14H2,1-5H3,(H,36,37)(H,41,42)/t19-,20-,23-,24+/m1/s1. The van der Waals surface area contributed by atoms with Crippen LogP contribution in [0.4, 0.5) is 17.6 Å². The topological polar surface area (TPSA) is 126 Å². The number of hydrogen-bond donors (Lipinski definition) is 2. The van der Waals surface area contributed by atoms with Gasteiger partial charge in [-0.15, -0.1) is 11.3 Å². The largest absolute Gasteiger partial charge is 0.481 e. The Balaban J connectivity index is 1.53. The molecule has 0 bridgehead atoms. The Morgan fingerprint density at radius 3 is 2.67 bits per heavy atom. The van der Waals surface area contributed by atoms with Gasteiger partial charge in [-0.05, 0) is 44.9 Å². The molecule has 11 nitrogen and oxygen atoms in total. The van der Waals surface area contributed by atoms with E-state index < -0.39 is 65.7 Å². The maximum absolute atomic E-state index is 15.8. The zero-order valence-electron chi connectivity index (χ0n) is 25.9. The number of carbonyl (C=O) groups is 2. The van der Waals surface area contributed by atoms with Crippen molar-refractivity contribution in [2.45, 2.75) is 57.8 Å². The monoisotopic (exact) mass is 669 g/mol. The van der Waals surface area contributed by atoms with Crippen molar-refractivity contribution >= 4 is 29.1 Å². The molecule has 4 atom stereocenters. The van der Waals surface area contributed by atoms with Gasteiger partial charge in [-0.3, -0.25) is 19.5 Å². The van der Waals surface area contributed by atoms with Gasteiger partial charge in [-0.25, -0.2) is 27.3 Å². The van der Waals surface area contributed by atoms with Gasteiger partial charge in [-0.2, -0.15) is 5.06 Å². The number of hydroxylamine groups is 2. The van der Waals surface area contributed by atoms with Crippen molar-refractivity contribution in [1.82, 2.24) is 20.3 Å². The second-order valence-corrected chi connectivity index (χ2v) is 12.8. The summed E-state index contributed by atoms with van der Waals surface area (Å²) in [5.74, 6) is -7.20. The summed E-state index contributed by atoms with van der Waals surface area (Å²) in [5.41, 5.74) is -1.12. The molecule has 0 aliphatic carbocycles. The van der Waals surface area contributed by atoms with Gasteiger partial charge in [0.15, 0.2) is 22.5 Å². The molecule has 250 valence electrons. The summed E-state index contributed by atoms with van der Waals surface area (Å²) in [6.07, 6.45) is 0.574. The number of amidine groups is 1. The summed E-state index contributed by atoms with van der Waals surface area (Å²) in [6, 6.07) is -1.20. The predicted octanol–water partition coefficient (Wildman–Crippen LogP) is 3.70. The van der Waals surface area contributed by atoms with Crippen LogP contribution >= 0.6 is 11.3 Å². The van der Waals surface area contributed by atoms with Crippen molar-refractivity contribution in [2.75, 3.05) is 40.0 Å². The molecule has 3 aliphatic rings. The van der Waals surface area contributed by atoms with Gasteiger partial charge in [-0.1, -0.05) is 6.07 Å². The Morgan fingerprint density at radius 2 is 2.04 bits per heavy atom. The highest BCUT2D eigenvalue weighted by molar-refractivity contribution is 7.11. The molecule has 2 aromatic rings. The Bertz CT molecular complexity index is 1550. The fourth-order valence-electron chi connectivity index (χ4n) is 6.06. The number of hydrogen-bond acceptors (Lipinski definition) is 11. The zero-order valence-corrected chi connectivity index (χ0v) is 26.7.